The van der Waals surface area contributed by atoms with Crippen LogP contribution in [0, 0.1) is 0 Å². The summed E-state index contributed by atoms with van der Waals surface area (Å²) in [4.78, 5) is 27.3. The molecule has 114 valence electrons. The van der Waals surface area contributed by atoms with Crippen LogP contribution in [0.15, 0.2) is 65.2 Å². The number of rotatable bonds is 2. The van der Waals surface area contributed by atoms with Gasteiger partial charge in [-0.3, -0.25) is 9.59 Å². The average Bonchev–Trinajstić information content (AvgIpc) is 2.89. The van der Waals surface area contributed by atoms with Gasteiger partial charge in [-0.2, -0.15) is 0 Å². The van der Waals surface area contributed by atoms with Gasteiger partial charge in [-0.15, -0.1) is 0 Å². The third-order valence-electron chi connectivity index (χ3n) is 4.51. The predicted molar refractivity (Wildman–Crippen MR) is 92.6 cm³/mol. The maximum Gasteiger partial charge on any atom is 0.180 e. The van der Waals surface area contributed by atoms with Crippen molar-refractivity contribution in [2.75, 3.05) is 4.90 Å². The van der Waals surface area contributed by atoms with Crippen LogP contribution < -0.4 is 4.90 Å². The predicted octanol–water partition coefficient (Wildman–Crippen LogP) is 3.59. The fraction of sp³-hybridized carbons (Fsp3) is 0.158. The Morgan fingerprint density at radius 2 is 1.65 bits per heavy atom. The van der Waals surface area contributed by atoms with Crippen LogP contribution in [0.5, 0.6) is 0 Å². The smallest absolute Gasteiger partial charge is 0.180 e. The molecule has 2 unspecified atom stereocenters. The summed E-state index contributed by atoms with van der Waals surface area (Å²) >= 11 is 3.24. The standard InChI is InChI=1S/C19H14BrNO2/c20-14-10-16(22)18-17(19(14)23)13-8-4-5-9-15(13)21(18)11-12-6-2-1-3-7-12/h1-10,17-18H,11H2. The van der Waals surface area contributed by atoms with E-state index in [0.717, 1.165) is 16.8 Å². The lowest BCUT2D eigenvalue weighted by Crippen LogP contribution is -2.44. The van der Waals surface area contributed by atoms with Gasteiger partial charge >= 0.3 is 0 Å². The minimum atomic E-state index is -0.443. The van der Waals surface area contributed by atoms with Crippen LogP contribution in [0.4, 0.5) is 5.69 Å². The second-order valence-electron chi connectivity index (χ2n) is 5.85. The van der Waals surface area contributed by atoms with E-state index < -0.39 is 12.0 Å². The fourth-order valence-corrected chi connectivity index (χ4v) is 3.98. The monoisotopic (exact) mass is 367 g/mol. The zero-order valence-electron chi connectivity index (χ0n) is 12.3. The molecule has 2 atom stereocenters. The number of hydrogen-bond donors (Lipinski definition) is 0. The zero-order chi connectivity index (χ0) is 16.0. The molecule has 0 spiro atoms. The summed E-state index contributed by atoms with van der Waals surface area (Å²) in [5.41, 5.74) is 3.04. The normalized spacial score (nSPS) is 22.7. The number of carbonyl (C=O) groups is 2. The third kappa shape index (κ3) is 2.25. The van der Waals surface area contributed by atoms with Crippen molar-refractivity contribution in [3.05, 3.63) is 76.3 Å². The van der Waals surface area contributed by atoms with Gasteiger partial charge in [0.15, 0.2) is 11.6 Å². The van der Waals surface area contributed by atoms with E-state index in [1.807, 2.05) is 54.6 Å². The van der Waals surface area contributed by atoms with Crippen molar-refractivity contribution < 1.29 is 9.59 Å². The van der Waals surface area contributed by atoms with Crippen LogP contribution in [0.25, 0.3) is 0 Å². The lowest BCUT2D eigenvalue weighted by molar-refractivity contribution is -0.123. The first-order valence-corrected chi connectivity index (χ1v) is 8.31. The van der Waals surface area contributed by atoms with Gasteiger partial charge in [-0.25, -0.2) is 0 Å². The number of fused-ring (bicyclic) bond motifs is 3. The second kappa shape index (κ2) is 5.46. The van der Waals surface area contributed by atoms with E-state index in [1.54, 1.807) is 0 Å². The molecule has 1 aliphatic carbocycles. The van der Waals surface area contributed by atoms with Gasteiger partial charge < -0.3 is 4.90 Å². The quantitative estimate of drug-likeness (QED) is 0.813. The minimum absolute atomic E-state index is 0.0161. The van der Waals surface area contributed by atoms with Gasteiger partial charge in [-0.05, 0) is 33.1 Å². The highest BCUT2D eigenvalue weighted by Gasteiger charge is 2.48. The Bertz CT molecular complexity index is 828. The van der Waals surface area contributed by atoms with Crippen molar-refractivity contribution in [2.24, 2.45) is 0 Å². The Kier molecular flexibility index (Phi) is 3.42. The third-order valence-corrected chi connectivity index (χ3v) is 5.13. The summed E-state index contributed by atoms with van der Waals surface area (Å²) in [6, 6.07) is 17.4. The Morgan fingerprint density at radius 1 is 0.957 bits per heavy atom. The van der Waals surface area contributed by atoms with Gasteiger partial charge in [0, 0.05) is 18.3 Å². The molecule has 1 heterocycles. The highest BCUT2D eigenvalue weighted by Crippen LogP contribution is 2.46. The lowest BCUT2D eigenvalue weighted by atomic mass is 9.84. The van der Waals surface area contributed by atoms with Gasteiger partial charge in [0.2, 0.25) is 0 Å². The number of benzene rings is 2. The van der Waals surface area contributed by atoms with E-state index >= 15 is 0 Å². The van der Waals surface area contributed by atoms with Crippen LogP contribution in [0.2, 0.25) is 0 Å². The molecule has 0 saturated carbocycles. The van der Waals surface area contributed by atoms with Crippen LogP contribution >= 0.6 is 15.9 Å². The van der Waals surface area contributed by atoms with Crippen molar-refractivity contribution >= 4 is 33.2 Å². The molecule has 1 aliphatic heterocycles. The van der Waals surface area contributed by atoms with Gasteiger partial charge in [0.25, 0.3) is 0 Å². The Balaban J connectivity index is 1.82. The van der Waals surface area contributed by atoms with Crippen LogP contribution in [0.1, 0.15) is 17.0 Å². The summed E-state index contributed by atoms with van der Waals surface area (Å²) in [5, 5.41) is 0. The molecule has 0 amide bonds. The van der Waals surface area contributed by atoms with Gasteiger partial charge in [0.05, 0.1) is 10.4 Å². The zero-order valence-corrected chi connectivity index (χ0v) is 13.9. The highest BCUT2D eigenvalue weighted by molar-refractivity contribution is 9.12. The van der Waals surface area contributed by atoms with Crippen molar-refractivity contribution in [2.45, 2.75) is 18.5 Å². The number of Topliss-reactive ketones (excluding diaryl/α,β-unsaturated/α-hetero) is 1. The molecule has 0 aromatic heterocycles. The van der Waals surface area contributed by atoms with E-state index in [9.17, 15) is 9.59 Å². The van der Waals surface area contributed by atoms with Crippen molar-refractivity contribution in [1.82, 2.24) is 0 Å². The number of ketones is 2. The molecule has 0 radical (unpaired) electrons. The van der Waals surface area contributed by atoms with Crippen molar-refractivity contribution in [3.63, 3.8) is 0 Å². The lowest BCUT2D eigenvalue weighted by Gasteiger charge is -2.30. The Morgan fingerprint density at radius 3 is 2.43 bits per heavy atom. The maximum absolute atomic E-state index is 12.6. The SMILES string of the molecule is O=C1C(Br)=CC(=O)C2C1c1ccccc1N2Cc1ccccc1. The first-order chi connectivity index (χ1) is 11.2. The first-order valence-electron chi connectivity index (χ1n) is 7.51. The number of para-hydroxylation sites is 1. The summed E-state index contributed by atoms with van der Waals surface area (Å²) in [6.45, 7) is 0.615. The number of halogens is 1. The second-order valence-corrected chi connectivity index (χ2v) is 6.71. The largest absolute Gasteiger partial charge is 0.355 e. The van der Waals surface area contributed by atoms with Crippen LogP contribution in [-0.2, 0) is 16.1 Å². The molecule has 3 nitrogen and oxygen atoms in total. The maximum atomic E-state index is 12.6. The molecular formula is C19H14BrNO2. The molecule has 2 aromatic carbocycles. The Labute approximate surface area is 142 Å². The molecule has 0 N–H and O–H groups in total. The summed E-state index contributed by atoms with van der Waals surface area (Å²) in [5.74, 6) is -0.451. The van der Waals surface area contributed by atoms with Gasteiger partial charge in [0.1, 0.15) is 6.04 Å². The molecule has 2 aliphatic rings. The number of nitrogens with zero attached hydrogens (tertiary/aromatic N) is 1. The average molecular weight is 368 g/mol. The van der Waals surface area contributed by atoms with E-state index in [-0.39, 0.29) is 11.6 Å². The molecule has 0 saturated heterocycles. The van der Waals surface area contributed by atoms with Gasteiger partial charge in [-0.1, -0.05) is 48.5 Å². The molecule has 0 fully saturated rings. The fourth-order valence-electron chi connectivity index (χ4n) is 3.51. The topological polar surface area (TPSA) is 37.4 Å². The summed E-state index contributed by atoms with van der Waals surface area (Å²) in [7, 11) is 0. The summed E-state index contributed by atoms with van der Waals surface area (Å²) < 4.78 is 0.375. The van der Waals surface area contributed by atoms with Crippen molar-refractivity contribution in [1.29, 1.82) is 0 Å². The molecule has 4 heteroatoms. The molecular weight excluding hydrogens is 354 g/mol. The Hall–Kier alpha value is -2.20. The molecule has 0 bridgehead atoms. The molecule has 4 rings (SSSR count). The van der Waals surface area contributed by atoms with Crippen molar-refractivity contribution in [3.8, 4) is 0 Å². The number of hydrogen-bond acceptors (Lipinski definition) is 3. The van der Waals surface area contributed by atoms with Crippen LogP contribution in [0.3, 0.4) is 0 Å². The van der Waals surface area contributed by atoms with Crippen LogP contribution in [-0.4, -0.2) is 17.6 Å². The highest BCUT2D eigenvalue weighted by atomic mass is 79.9. The van der Waals surface area contributed by atoms with E-state index in [4.69, 9.17) is 0 Å². The van der Waals surface area contributed by atoms with E-state index in [0.29, 0.717) is 11.0 Å². The van der Waals surface area contributed by atoms with E-state index in [2.05, 4.69) is 20.8 Å². The van der Waals surface area contributed by atoms with E-state index in [1.165, 1.54) is 6.08 Å². The number of allylic oxidation sites excluding steroid dienone is 1. The number of carbonyl (C=O) groups excluding carboxylic acids is 2. The first kappa shape index (κ1) is 14.4. The molecule has 23 heavy (non-hydrogen) atoms. The minimum Gasteiger partial charge on any atom is -0.355 e. The number of anilines is 1. The summed E-state index contributed by atoms with van der Waals surface area (Å²) in [6.07, 6.45) is 1.42. The molecule has 2 aromatic rings.